The van der Waals surface area contributed by atoms with Gasteiger partial charge in [0.25, 0.3) is 0 Å². The van der Waals surface area contributed by atoms with Crippen molar-refractivity contribution in [1.82, 2.24) is 0 Å². The Hall–Kier alpha value is -1.43. The minimum absolute atomic E-state index is 0.0783. The number of halogens is 3. The minimum Gasteiger partial charge on any atom is -0.399 e. The molecule has 6 heteroatoms. The maximum Gasteiger partial charge on any atom is 0.421 e. The Labute approximate surface area is 84.5 Å². The van der Waals surface area contributed by atoms with E-state index in [1.807, 2.05) is 0 Å². The van der Waals surface area contributed by atoms with Crippen molar-refractivity contribution in [3.05, 3.63) is 23.8 Å². The average Bonchev–Trinajstić information content (AvgIpc) is 1.99. The van der Waals surface area contributed by atoms with Gasteiger partial charge in [-0.15, -0.1) is 0 Å². The van der Waals surface area contributed by atoms with Crippen LogP contribution in [0.2, 0.25) is 0 Å². The van der Waals surface area contributed by atoms with Gasteiger partial charge < -0.3 is 16.6 Å². The molecule has 0 saturated heterocycles. The Morgan fingerprint density at radius 2 is 1.47 bits per heavy atom. The lowest BCUT2D eigenvalue weighted by Crippen LogP contribution is -2.39. The second-order valence-corrected chi connectivity index (χ2v) is 3.46. The molecule has 0 amide bonds. The largest absolute Gasteiger partial charge is 0.421 e. The van der Waals surface area contributed by atoms with Crippen LogP contribution in [-0.2, 0) is 5.60 Å². The van der Waals surface area contributed by atoms with Crippen molar-refractivity contribution < 1.29 is 18.3 Å². The molecule has 0 saturated carbocycles. The molecule has 1 aromatic rings. The van der Waals surface area contributed by atoms with E-state index < -0.39 is 11.8 Å². The molecule has 0 aromatic heterocycles. The van der Waals surface area contributed by atoms with Crippen molar-refractivity contribution in [3.8, 4) is 0 Å². The van der Waals surface area contributed by atoms with Crippen LogP contribution in [0.5, 0.6) is 0 Å². The summed E-state index contributed by atoms with van der Waals surface area (Å²) >= 11 is 0. The molecular weight excluding hydrogens is 209 g/mol. The molecule has 1 unspecified atom stereocenters. The summed E-state index contributed by atoms with van der Waals surface area (Å²) in [5.41, 5.74) is 7.52. The molecule has 0 spiro atoms. The molecule has 1 atom stereocenters. The summed E-state index contributed by atoms with van der Waals surface area (Å²) in [6.45, 7) is 0.654. The highest BCUT2D eigenvalue weighted by Gasteiger charge is 2.51. The van der Waals surface area contributed by atoms with Gasteiger partial charge in [0.2, 0.25) is 0 Å². The van der Waals surface area contributed by atoms with Crippen LogP contribution in [0.3, 0.4) is 0 Å². The van der Waals surface area contributed by atoms with Crippen molar-refractivity contribution in [1.29, 1.82) is 0 Å². The fraction of sp³-hybridized carbons (Fsp3) is 0.333. The van der Waals surface area contributed by atoms with E-state index in [0.717, 1.165) is 12.1 Å². The Balaban J connectivity index is 3.27. The van der Waals surface area contributed by atoms with Crippen LogP contribution in [0.15, 0.2) is 18.2 Å². The number of hydrogen-bond acceptors (Lipinski definition) is 3. The van der Waals surface area contributed by atoms with Crippen molar-refractivity contribution in [3.63, 3.8) is 0 Å². The molecule has 1 aromatic carbocycles. The Morgan fingerprint density at radius 1 is 1.07 bits per heavy atom. The Morgan fingerprint density at radius 3 is 1.80 bits per heavy atom. The van der Waals surface area contributed by atoms with Crippen molar-refractivity contribution in [2.45, 2.75) is 18.7 Å². The van der Waals surface area contributed by atoms with Gasteiger partial charge in [-0.3, -0.25) is 0 Å². The van der Waals surface area contributed by atoms with Gasteiger partial charge in [0.05, 0.1) is 0 Å². The standard InChI is InChI=1S/C9H11F3N2O/c1-8(15,9(10,11)12)5-2-6(13)4-7(14)3-5/h2-4,15H,13-14H2,1H3. The smallest absolute Gasteiger partial charge is 0.399 e. The number of aliphatic hydroxyl groups is 1. The number of rotatable bonds is 1. The molecule has 3 nitrogen and oxygen atoms in total. The SMILES string of the molecule is CC(O)(c1cc(N)cc(N)c1)C(F)(F)F. The number of alkyl halides is 3. The van der Waals surface area contributed by atoms with E-state index in [0.29, 0.717) is 6.92 Å². The zero-order valence-electron chi connectivity index (χ0n) is 7.97. The van der Waals surface area contributed by atoms with Crippen LogP contribution in [0.1, 0.15) is 12.5 Å². The first-order valence-electron chi connectivity index (χ1n) is 4.10. The third-order valence-corrected chi connectivity index (χ3v) is 2.09. The third kappa shape index (κ3) is 2.15. The molecular formula is C9H11F3N2O. The molecule has 5 N–H and O–H groups in total. The molecule has 0 heterocycles. The van der Waals surface area contributed by atoms with Gasteiger partial charge in [-0.2, -0.15) is 13.2 Å². The molecule has 1 rings (SSSR count). The quantitative estimate of drug-likeness (QED) is 0.630. The van der Waals surface area contributed by atoms with Crippen molar-refractivity contribution in [2.75, 3.05) is 11.5 Å². The molecule has 15 heavy (non-hydrogen) atoms. The van der Waals surface area contributed by atoms with E-state index in [1.54, 1.807) is 0 Å². The topological polar surface area (TPSA) is 72.3 Å². The lowest BCUT2D eigenvalue weighted by atomic mass is 9.94. The van der Waals surface area contributed by atoms with E-state index in [4.69, 9.17) is 11.5 Å². The molecule has 0 fully saturated rings. The third-order valence-electron chi connectivity index (χ3n) is 2.09. The molecule has 0 bridgehead atoms. The van der Waals surface area contributed by atoms with E-state index in [2.05, 4.69) is 0 Å². The average molecular weight is 220 g/mol. The van der Waals surface area contributed by atoms with Crippen LogP contribution in [0.25, 0.3) is 0 Å². The van der Waals surface area contributed by atoms with Crippen LogP contribution in [0.4, 0.5) is 24.5 Å². The second kappa shape index (κ2) is 3.30. The van der Waals surface area contributed by atoms with E-state index in [-0.39, 0.29) is 16.9 Å². The van der Waals surface area contributed by atoms with E-state index in [1.165, 1.54) is 6.07 Å². The molecule has 0 aliphatic heterocycles. The molecule has 84 valence electrons. The minimum atomic E-state index is -4.77. The number of anilines is 2. The zero-order chi connectivity index (χ0) is 11.9. The highest BCUT2D eigenvalue weighted by Crippen LogP contribution is 2.39. The van der Waals surface area contributed by atoms with Gasteiger partial charge in [-0.25, -0.2) is 0 Å². The van der Waals surface area contributed by atoms with Crippen LogP contribution in [-0.4, -0.2) is 11.3 Å². The van der Waals surface area contributed by atoms with Crippen LogP contribution >= 0.6 is 0 Å². The van der Waals surface area contributed by atoms with Gasteiger partial charge >= 0.3 is 6.18 Å². The fourth-order valence-electron chi connectivity index (χ4n) is 1.12. The predicted octanol–water partition coefficient (Wildman–Crippen LogP) is 1.62. The number of hydrogen-bond donors (Lipinski definition) is 3. The Kier molecular flexibility index (Phi) is 2.56. The summed E-state index contributed by atoms with van der Waals surface area (Å²) in [4.78, 5) is 0. The highest BCUT2D eigenvalue weighted by atomic mass is 19.4. The highest BCUT2D eigenvalue weighted by molar-refractivity contribution is 5.55. The number of nitrogen functional groups attached to an aromatic ring is 2. The number of benzene rings is 1. The first-order valence-corrected chi connectivity index (χ1v) is 4.10. The zero-order valence-corrected chi connectivity index (χ0v) is 7.97. The normalized spacial score (nSPS) is 16.1. The van der Waals surface area contributed by atoms with Crippen molar-refractivity contribution in [2.24, 2.45) is 0 Å². The van der Waals surface area contributed by atoms with Gasteiger partial charge in [-0.05, 0) is 30.7 Å². The Bertz CT molecular complexity index is 354. The summed E-state index contributed by atoms with van der Waals surface area (Å²) < 4.78 is 37.4. The van der Waals surface area contributed by atoms with Gasteiger partial charge in [-0.1, -0.05) is 0 Å². The molecule has 0 aliphatic carbocycles. The summed E-state index contributed by atoms with van der Waals surface area (Å²) in [6, 6.07) is 3.41. The van der Waals surface area contributed by atoms with E-state index in [9.17, 15) is 18.3 Å². The monoisotopic (exact) mass is 220 g/mol. The lowest BCUT2D eigenvalue weighted by molar-refractivity contribution is -0.258. The first-order chi connectivity index (χ1) is 6.64. The van der Waals surface area contributed by atoms with Gasteiger partial charge in [0.1, 0.15) is 0 Å². The summed E-state index contributed by atoms with van der Waals surface area (Å²) in [7, 11) is 0. The second-order valence-electron chi connectivity index (χ2n) is 3.46. The maximum atomic E-state index is 12.5. The van der Waals surface area contributed by atoms with Crippen molar-refractivity contribution >= 4 is 11.4 Å². The fourth-order valence-corrected chi connectivity index (χ4v) is 1.12. The van der Waals surface area contributed by atoms with E-state index >= 15 is 0 Å². The number of nitrogens with two attached hydrogens (primary N) is 2. The summed E-state index contributed by atoms with van der Waals surface area (Å²) in [5.74, 6) is 0. The molecule has 0 aliphatic rings. The van der Waals surface area contributed by atoms with Gasteiger partial charge in [0.15, 0.2) is 5.60 Å². The predicted molar refractivity (Wildman–Crippen MR) is 50.9 cm³/mol. The molecule has 0 radical (unpaired) electrons. The summed E-state index contributed by atoms with van der Waals surface area (Å²) in [6.07, 6.45) is -4.77. The lowest BCUT2D eigenvalue weighted by Gasteiger charge is -2.27. The van der Waals surface area contributed by atoms with Gasteiger partial charge in [0, 0.05) is 11.4 Å². The summed E-state index contributed by atoms with van der Waals surface area (Å²) in [5, 5.41) is 9.34. The first kappa shape index (κ1) is 11.6. The van der Waals surface area contributed by atoms with Crippen LogP contribution < -0.4 is 11.5 Å². The van der Waals surface area contributed by atoms with Crippen LogP contribution in [0, 0.1) is 0 Å². The maximum absolute atomic E-state index is 12.5.